The molecule has 2 N–H and O–H groups in total. The molecule has 0 unspecified atom stereocenters. The number of ether oxygens (including phenoxy) is 1. The summed E-state index contributed by atoms with van der Waals surface area (Å²) < 4.78 is 18.1. The van der Waals surface area contributed by atoms with E-state index < -0.39 is 0 Å². The number of hydrogen-bond donors (Lipinski definition) is 1. The van der Waals surface area contributed by atoms with Crippen LogP contribution in [0.4, 0.5) is 10.1 Å². The lowest BCUT2D eigenvalue weighted by Gasteiger charge is -2.09. The number of carbonyl (C=O) groups excluding carboxylic acids is 1. The highest BCUT2D eigenvalue weighted by Gasteiger charge is 2.13. The summed E-state index contributed by atoms with van der Waals surface area (Å²) in [4.78, 5) is 12.2. The average Bonchev–Trinajstić information content (AvgIpc) is 2.39. The van der Waals surface area contributed by atoms with Crippen LogP contribution in [0.2, 0.25) is 0 Å². The van der Waals surface area contributed by atoms with Crippen molar-refractivity contribution >= 4 is 11.5 Å². The van der Waals surface area contributed by atoms with Crippen LogP contribution >= 0.6 is 0 Å². The lowest BCUT2D eigenvalue weighted by Crippen LogP contribution is -2.08. The molecule has 0 heterocycles. The van der Waals surface area contributed by atoms with Gasteiger partial charge in [-0.2, -0.15) is 0 Å². The Bertz CT molecular complexity index is 611. The molecule has 0 radical (unpaired) electrons. The lowest BCUT2D eigenvalue weighted by molar-refractivity contribution is 0.0993. The molecule has 3 nitrogen and oxygen atoms in total. The van der Waals surface area contributed by atoms with E-state index in [0.717, 1.165) is 0 Å². The van der Waals surface area contributed by atoms with Gasteiger partial charge in [0.15, 0.2) is 5.78 Å². The fourth-order valence-electron chi connectivity index (χ4n) is 1.89. The lowest BCUT2D eigenvalue weighted by atomic mass is 10.0. The maximum absolute atomic E-state index is 13.1. The standard InChI is InChI=1S/C15H14FNO2/c1-19-14-7-3-6-12(15(14)17)13(18)9-10-4-2-5-11(16)8-10/h2-8H,9,17H2,1H3. The van der Waals surface area contributed by atoms with Gasteiger partial charge in [0.1, 0.15) is 11.6 Å². The van der Waals surface area contributed by atoms with Crippen LogP contribution in [-0.2, 0) is 6.42 Å². The van der Waals surface area contributed by atoms with E-state index in [4.69, 9.17) is 10.5 Å². The van der Waals surface area contributed by atoms with E-state index >= 15 is 0 Å². The van der Waals surface area contributed by atoms with Crippen LogP contribution < -0.4 is 10.5 Å². The molecule has 0 spiro atoms. The maximum atomic E-state index is 13.1. The first kappa shape index (κ1) is 13.1. The summed E-state index contributed by atoms with van der Waals surface area (Å²) in [5.41, 5.74) is 7.18. The number of nitrogens with two attached hydrogens (primary N) is 1. The maximum Gasteiger partial charge on any atom is 0.169 e. The Morgan fingerprint density at radius 3 is 2.68 bits per heavy atom. The minimum Gasteiger partial charge on any atom is -0.495 e. The Kier molecular flexibility index (Phi) is 3.80. The Balaban J connectivity index is 2.25. The summed E-state index contributed by atoms with van der Waals surface area (Å²) >= 11 is 0. The second-order valence-electron chi connectivity index (χ2n) is 4.15. The SMILES string of the molecule is COc1cccc(C(=O)Cc2cccc(F)c2)c1N. The molecule has 19 heavy (non-hydrogen) atoms. The van der Waals surface area contributed by atoms with E-state index in [0.29, 0.717) is 22.6 Å². The Morgan fingerprint density at radius 1 is 1.26 bits per heavy atom. The minimum atomic E-state index is -0.357. The number of carbonyl (C=O) groups is 1. The number of rotatable bonds is 4. The summed E-state index contributed by atoms with van der Waals surface area (Å²) in [7, 11) is 1.49. The number of methoxy groups -OCH3 is 1. The number of halogens is 1. The van der Waals surface area contributed by atoms with E-state index in [1.54, 1.807) is 30.3 Å². The molecular formula is C15H14FNO2. The Labute approximate surface area is 110 Å². The monoisotopic (exact) mass is 259 g/mol. The van der Waals surface area contributed by atoms with Crippen molar-refractivity contribution in [3.63, 3.8) is 0 Å². The first-order chi connectivity index (χ1) is 9.11. The summed E-state index contributed by atoms with van der Waals surface area (Å²) in [6, 6.07) is 11.0. The molecular weight excluding hydrogens is 245 g/mol. The fraction of sp³-hybridized carbons (Fsp3) is 0.133. The van der Waals surface area contributed by atoms with Gasteiger partial charge in [-0.1, -0.05) is 18.2 Å². The third-order valence-electron chi connectivity index (χ3n) is 2.84. The molecule has 0 amide bonds. The van der Waals surface area contributed by atoms with E-state index in [-0.39, 0.29) is 18.0 Å². The smallest absolute Gasteiger partial charge is 0.169 e. The molecule has 0 fully saturated rings. The van der Waals surface area contributed by atoms with Crippen molar-refractivity contribution in [3.05, 3.63) is 59.4 Å². The van der Waals surface area contributed by atoms with Crippen molar-refractivity contribution in [2.45, 2.75) is 6.42 Å². The zero-order valence-electron chi connectivity index (χ0n) is 10.5. The summed E-state index contributed by atoms with van der Waals surface area (Å²) in [5.74, 6) is -0.0593. The largest absolute Gasteiger partial charge is 0.495 e. The van der Waals surface area contributed by atoms with Gasteiger partial charge in [-0.25, -0.2) is 4.39 Å². The number of benzene rings is 2. The molecule has 0 atom stereocenters. The van der Waals surface area contributed by atoms with Crippen LogP contribution in [0.3, 0.4) is 0 Å². The number of hydrogen-bond acceptors (Lipinski definition) is 3. The van der Waals surface area contributed by atoms with Crippen molar-refractivity contribution in [1.29, 1.82) is 0 Å². The van der Waals surface area contributed by atoms with Crippen LogP contribution in [0.15, 0.2) is 42.5 Å². The normalized spacial score (nSPS) is 10.2. The molecule has 0 saturated heterocycles. The van der Waals surface area contributed by atoms with Crippen molar-refractivity contribution in [3.8, 4) is 5.75 Å². The molecule has 0 aromatic heterocycles. The fourth-order valence-corrected chi connectivity index (χ4v) is 1.89. The van der Waals surface area contributed by atoms with Gasteiger partial charge >= 0.3 is 0 Å². The van der Waals surface area contributed by atoms with Crippen molar-refractivity contribution < 1.29 is 13.9 Å². The number of nitrogen functional groups attached to an aromatic ring is 1. The van der Waals surface area contributed by atoms with Crippen LogP contribution in [0, 0.1) is 5.82 Å². The van der Waals surface area contributed by atoms with E-state index in [9.17, 15) is 9.18 Å². The zero-order chi connectivity index (χ0) is 13.8. The third-order valence-corrected chi connectivity index (χ3v) is 2.84. The Morgan fingerprint density at radius 2 is 2.00 bits per heavy atom. The van der Waals surface area contributed by atoms with E-state index in [2.05, 4.69) is 0 Å². The van der Waals surface area contributed by atoms with Gasteiger partial charge in [0.05, 0.1) is 12.8 Å². The van der Waals surface area contributed by atoms with Gasteiger partial charge in [0.25, 0.3) is 0 Å². The van der Waals surface area contributed by atoms with Crippen molar-refractivity contribution in [1.82, 2.24) is 0 Å². The van der Waals surface area contributed by atoms with Crippen molar-refractivity contribution in [2.75, 3.05) is 12.8 Å². The van der Waals surface area contributed by atoms with Crippen LogP contribution in [0.25, 0.3) is 0 Å². The van der Waals surface area contributed by atoms with Gasteiger partial charge in [0.2, 0.25) is 0 Å². The van der Waals surface area contributed by atoms with Gasteiger partial charge in [0, 0.05) is 12.0 Å². The zero-order valence-corrected chi connectivity index (χ0v) is 10.5. The van der Waals surface area contributed by atoms with E-state index in [1.165, 1.54) is 19.2 Å². The number of Topliss-reactive ketones (excluding diaryl/α,β-unsaturated/α-hetero) is 1. The summed E-state index contributed by atoms with van der Waals surface area (Å²) in [6.07, 6.45) is 0.106. The Hall–Kier alpha value is -2.36. The third kappa shape index (κ3) is 2.91. The van der Waals surface area contributed by atoms with Gasteiger partial charge in [-0.05, 0) is 29.8 Å². The summed E-state index contributed by atoms with van der Waals surface area (Å²) in [6.45, 7) is 0. The molecule has 0 aliphatic heterocycles. The molecule has 2 rings (SSSR count). The first-order valence-corrected chi connectivity index (χ1v) is 5.82. The topological polar surface area (TPSA) is 52.3 Å². The van der Waals surface area contributed by atoms with Crippen LogP contribution in [0.1, 0.15) is 15.9 Å². The van der Waals surface area contributed by atoms with Crippen LogP contribution in [0.5, 0.6) is 5.75 Å². The minimum absolute atomic E-state index is 0.106. The number of para-hydroxylation sites is 1. The van der Waals surface area contributed by atoms with Gasteiger partial charge in [-0.15, -0.1) is 0 Å². The van der Waals surface area contributed by atoms with Crippen molar-refractivity contribution in [2.24, 2.45) is 0 Å². The van der Waals surface area contributed by atoms with Crippen LogP contribution in [-0.4, -0.2) is 12.9 Å². The van der Waals surface area contributed by atoms with E-state index in [1.807, 2.05) is 0 Å². The molecule has 4 heteroatoms. The molecule has 0 aliphatic carbocycles. The molecule has 2 aromatic carbocycles. The number of ketones is 1. The second-order valence-corrected chi connectivity index (χ2v) is 4.15. The predicted molar refractivity (Wildman–Crippen MR) is 71.8 cm³/mol. The summed E-state index contributed by atoms with van der Waals surface area (Å²) in [5, 5.41) is 0. The van der Waals surface area contributed by atoms with Gasteiger partial charge in [-0.3, -0.25) is 4.79 Å². The second kappa shape index (κ2) is 5.52. The highest BCUT2D eigenvalue weighted by molar-refractivity contribution is 6.03. The molecule has 98 valence electrons. The molecule has 2 aromatic rings. The predicted octanol–water partition coefficient (Wildman–Crippen LogP) is 2.84. The highest BCUT2D eigenvalue weighted by atomic mass is 19.1. The molecule has 0 saturated carbocycles. The first-order valence-electron chi connectivity index (χ1n) is 5.82. The number of anilines is 1. The average molecular weight is 259 g/mol. The quantitative estimate of drug-likeness (QED) is 0.678. The highest BCUT2D eigenvalue weighted by Crippen LogP contribution is 2.25. The molecule has 0 aliphatic rings. The molecule has 0 bridgehead atoms. The van der Waals surface area contributed by atoms with Gasteiger partial charge < -0.3 is 10.5 Å².